The fraction of sp³-hybridized carbons (Fsp3) is 0.0333. The smallest absolute Gasteiger partial charge is 0.272 e. The summed E-state index contributed by atoms with van der Waals surface area (Å²) in [6, 6.07) is 25.2. The minimum Gasteiger partial charge on any atom is -0.324 e. The van der Waals surface area contributed by atoms with Gasteiger partial charge >= 0.3 is 0 Å². The number of nitrogens with one attached hydrogen (secondary N) is 3. The van der Waals surface area contributed by atoms with E-state index in [-0.39, 0.29) is 22.4 Å². The normalized spacial score (nSPS) is 11.1. The standard InChI is InChI=1S/C30H21Cl4N3O3S/c31-20-9-14-25(24(33)16-20)36-27(38)17-41-22-12-10-21(11-13-22)35-30(40)26(15-19-7-4-8-23(32)28(19)34)37-29(39)18-5-2-1-3-6-18/h1-16H,17H2,(H,35,40)(H,36,38)(H,37,39)/b26-15-. The molecule has 0 aliphatic rings. The maximum absolute atomic E-state index is 13.3. The van der Waals surface area contributed by atoms with E-state index in [1.807, 2.05) is 0 Å². The van der Waals surface area contributed by atoms with Gasteiger partial charge in [0.2, 0.25) is 5.91 Å². The Kier molecular flexibility index (Phi) is 10.7. The molecule has 4 aromatic rings. The minimum atomic E-state index is -0.565. The summed E-state index contributed by atoms with van der Waals surface area (Å²) >= 11 is 25.8. The van der Waals surface area contributed by atoms with E-state index >= 15 is 0 Å². The van der Waals surface area contributed by atoms with Crippen LogP contribution in [0, 0.1) is 0 Å². The summed E-state index contributed by atoms with van der Waals surface area (Å²) in [4.78, 5) is 39.3. The van der Waals surface area contributed by atoms with E-state index in [0.29, 0.717) is 37.6 Å². The first-order valence-corrected chi connectivity index (χ1v) is 14.5. The lowest BCUT2D eigenvalue weighted by Gasteiger charge is -2.12. The summed E-state index contributed by atoms with van der Waals surface area (Å²) in [6.45, 7) is 0. The van der Waals surface area contributed by atoms with Crippen molar-refractivity contribution in [3.63, 3.8) is 0 Å². The van der Waals surface area contributed by atoms with Crippen molar-refractivity contribution in [2.45, 2.75) is 4.90 Å². The first kappa shape index (κ1) is 30.5. The van der Waals surface area contributed by atoms with Crippen molar-refractivity contribution >= 4 is 93.3 Å². The van der Waals surface area contributed by atoms with Crippen LogP contribution in [0.1, 0.15) is 15.9 Å². The molecule has 0 unspecified atom stereocenters. The van der Waals surface area contributed by atoms with Gasteiger partial charge < -0.3 is 16.0 Å². The number of amides is 3. The Morgan fingerprint density at radius 1 is 0.756 bits per heavy atom. The second-order valence-corrected chi connectivity index (χ2v) is 11.1. The lowest BCUT2D eigenvalue weighted by molar-refractivity contribution is -0.114. The summed E-state index contributed by atoms with van der Waals surface area (Å²) in [5.41, 5.74) is 1.77. The molecule has 11 heteroatoms. The van der Waals surface area contributed by atoms with Crippen molar-refractivity contribution in [2.75, 3.05) is 16.4 Å². The number of benzene rings is 4. The van der Waals surface area contributed by atoms with E-state index in [0.717, 1.165) is 4.90 Å². The van der Waals surface area contributed by atoms with Crippen LogP contribution in [0.2, 0.25) is 20.1 Å². The number of rotatable bonds is 9. The van der Waals surface area contributed by atoms with Gasteiger partial charge in [0.25, 0.3) is 11.8 Å². The molecule has 0 aliphatic carbocycles. The van der Waals surface area contributed by atoms with Gasteiger partial charge in [-0.2, -0.15) is 0 Å². The van der Waals surface area contributed by atoms with Crippen molar-refractivity contribution in [1.29, 1.82) is 0 Å². The van der Waals surface area contributed by atoms with Crippen molar-refractivity contribution in [2.24, 2.45) is 0 Å². The van der Waals surface area contributed by atoms with Crippen LogP contribution >= 0.6 is 58.2 Å². The zero-order chi connectivity index (χ0) is 29.4. The highest BCUT2D eigenvalue weighted by Gasteiger charge is 2.16. The van der Waals surface area contributed by atoms with E-state index in [2.05, 4.69) is 16.0 Å². The van der Waals surface area contributed by atoms with Crippen molar-refractivity contribution in [3.8, 4) is 0 Å². The number of hydrogen-bond acceptors (Lipinski definition) is 4. The second-order valence-electron chi connectivity index (χ2n) is 8.46. The highest BCUT2D eigenvalue weighted by Crippen LogP contribution is 2.28. The Morgan fingerprint density at radius 3 is 2.20 bits per heavy atom. The monoisotopic (exact) mass is 643 g/mol. The fourth-order valence-electron chi connectivity index (χ4n) is 3.49. The summed E-state index contributed by atoms with van der Waals surface area (Å²) in [5.74, 6) is -1.12. The number of hydrogen-bond donors (Lipinski definition) is 3. The van der Waals surface area contributed by atoms with Crippen LogP contribution in [-0.2, 0) is 9.59 Å². The third-order valence-electron chi connectivity index (χ3n) is 5.50. The largest absolute Gasteiger partial charge is 0.324 e. The van der Waals surface area contributed by atoms with Crippen molar-refractivity contribution in [1.82, 2.24) is 5.32 Å². The molecule has 0 aromatic heterocycles. The van der Waals surface area contributed by atoms with Gasteiger partial charge in [0.15, 0.2) is 0 Å². The topological polar surface area (TPSA) is 87.3 Å². The number of carbonyl (C=O) groups is 3. The Hall–Kier alpha value is -3.46. The van der Waals surface area contributed by atoms with Gasteiger partial charge in [0, 0.05) is 21.2 Å². The van der Waals surface area contributed by atoms with Crippen LogP contribution in [0.5, 0.6) is 0 Å². The summed E-state index contributed by atoms with van der Waals surface area (Å²) < 4.78 is 0. The SMILES string of the molecule is O=C(CSc1ccc(NC(=O)/C(=C/c2cccc(Cl)c2Cl)NC(=O)c2ccccc2)cc1)Nc1ccc(Cl)cc1Cl. The molecule has 0 radical (unpaired) electrons. The van der Waals surface area contributed by atoms with Gasteiger partial charge in [0.05, 0.1) is 26.5 Å². The molecule has 208 valence electrons. The lowest BCUT2D eigenvalue weighted by Crippen LogP contribution is -2.30. The molecule has 41 heavy (non-hydrogen) atoms. The molecule has 0 atom stereocenters. The van der Waals surface area contributed by atoms with E-state index in [9.17, 15) is 14.4 Å². The predicted molar refractivity (Wildman–Crippen MR) is 169 cm³/mol. The van der Waals surface area contributed by atoms with Crippen LogP contribution in [0.25, 0.3) is 6.08 Å². The maximum atomic E-state index is 13.3. The molecule has 0 fully saturated rings. The average molecular weight is 645 g/mol. The zero-order valence-corrected chi connectivity index (χ0v) is 24.9. The average Bonchev–Trinajstić information content (AvgIpc) is 2.96. The molecule has 0 aliphatic heterocycles. The van der Waals surface area contributed by atoms with Gasteiger partial charge in [-0.15, -0.1) is 11.8 Å². The first-order chi connectivity index (χ1) is 19.7. The van der Waals surface area contributed by atoms with E-state index in [1.165, 1.54) is 17.8 Å². The van der Waals surface area contributed by atoms with Gasteiger partial charge in [-0.3, -0.25) is 14.4 Å². The van der Waals surface area contributed by atoms with E-state index in [1.54, 1.807) is 91.0 Å². The summed E-state index contributed by atoms with van der Waals surface area (Å²) in [5, 5.41) is 9.57. The molecule has 4 rings (SSSR count). The molecular formula is C30H21Cl4N3O3S. The van der Waals surface area contributed by atoms with Gasteiger partial charge in [0.1, 0.15) is 5.70 Å². The van der Waals surface area contributed by atoms with Crippen LogP contribution in [0.15, 0.2) is 102 Å². The summed E-state index contributed by atoms with van der Waals surface area (Å²) in [6.07, 6.45) is 1.46. The van der Waals surface area contributed by atoms with Crippen molar-refractivity contribution in [3.05, 3.63) is 128 Å². The zero-order valence-electron chi connectivity index (χ0n) is 21.1. The number of carbonyl (C=O) groups excluding carboxylic acids is 3. The molecule has 0 saturated heterocycles. The molecule has 0 saturated carbocycles. The molecule has 0 heterocycles. The fourth-order valence-corrected chi connectivity index (χ4v) is 5.01. The molecule has 3 N–H and O–H groups in total. The molecule has 0 bridgehead atoms. The van der Waals surface area contributed by atoms with Crippen LogP contribution in [-0.4, -0.2) is 23.5 Å². The third-order valence-corrected chi connectivity index (χ3v) is 7.89. The minimum absolute atomic E-state index is 0.0287. The van der Waals surface area contributed by atoms with Gasteiger partial charge in [-0.25, -0.2) is 0 Å². The molecular weight excluding hydrogens is 624 g/mol. The number of thioether (sulfide) groups is 1. The number of halogens is 4. The van der Waals surface area contributed by atoms with Gasteiger partial charge in [-0.1, -0.05) is 76.7 Å². The number of anilines is 2. The quantitative estimate of drug-likeness (QED) is 0.126. The van der Waals surface area contributed by atoms with Crippen LogP contribution in [0.4, 0.5) is 11.4 Å². The van der Waals surface area contributed by atoms with E-state index in [4.69, 9.17) is 46.4 Å². The third kappa shape index (κ3) is 8.76. The second kappa shape index (κ2) is 14.4. The molecule has 0 spiro atoms. The Bertz CT molecular complexity index is 1610. The van der Waals surface area contributed by atoms with E-state index < -0.39 is 11.8 Å². The lowest BCUT2D eigenvalue weighted by atomic mass is 10.1. The Morgan fingerprint density at radius 2 is 1.49 bits per heavy atom. The highest BCUT2D eigenvalue weighted by atomic mass is 35.5. The van der Waals surface area contributed by atoms with Crippen LogP contribution in [0.3, 0.4) is 0 Å². The van der Waals surface area contributed by atoms with Gasteiger partial charge in [-0.05, 0) is 72.3 Å². The Labute approximate surface area is 261 Å². The maximum Gasteiger partial charge on any atom is 0.272 e. The molecule has 6 nitrogen and oxygen atoms in total. The predicted octanol–water partition coefficient (Wildman–Crippen LogP) is 8.44. The summed E-state index contributed by atoms with van der Waals surface area (Å²) in [7, 11) is 0. The first-order valence-electron chi connectivity index (χ1n) is 12.0. The molecule has 4 aromatic carbocycles. The van der Waals surface area contributed by atoms with Crippen molar-refractivity contribution < 1.29 is 14.4 Å². The van der Waals surface area contributed by atoms with Crippen LogP contribution < -0.4 is 16.0 Å². The highest BCUT2D eigenvalue weighted by molar-refractivity contribution is 8.00. The Balaban J connectivity index is 1.43. The molecule has 3 amide bonds.